The van der Waals surface area contributed by atoms with Crippen molar-refractivity contribution in [3.8, 4) is 5.75 Å². The van der Waals surface area contributed by atoms with Gasteiger partial charge < -0.3 is 20.1 Å². The number of piperazine rings is 1. The minimum absolute atomic E-state index is 0.0432. The number of benzene rings is 2. The fraction of sp³-hybridized carbons (Fsp3) is 0.517. The number of rotatable bonds is 15. The van der Waals surface area contributed by atoms with Crippen molar-refractivity contribution in [1.29, 1.82) is 0 Å². The Kier molecular flexibility index (Phi) is 11.9. The second kappa shape index (κ2) is 15.4. The molecule has 2 aromatic carbocycles. The van der Waals surface area contributed by atoms with Crippen LogP contribution in [0.3, 0.4) is 0 Å². The third-order valence-electron chi connectivity index (χ3n) is 6.48. The molecule has 3 rings (SSSR count). The minimum Gasteiger partial charge on any atom is -0.494 e. The van der Waals surface area contributed by atoms with Gasteiger partial charge in [0.2, 0.25) is 5.91 Å². The van der Waals surface area contributed by atoms with Crippen LogP contribution in [-0.4, -0.2) is 73.5 Å². The van der Waals surface area contributed by atoms with Crippen LogP contribution in [0.25, 0.3) is 0 Å². The number of amides is 1. The molecule has 1 amide bonds. The molecule has 1 atom stereocenters. The first kappa shape index (κ1) is 27.8. The number of unbranched alkanes of at least 4 members (excludes halogenated alkanes) is 2. The molecule has 7 nitrogen and oxygen atoms in total. The lowest BCUT2D eigenvalue weighted by Crippen LogP contribution is -2.54. The van der Waals surface area contributed by atoms with Crippen molar-refractivity contribution in [2.45, 2.75) is 51.7 Å². The molecule has 0 saturated carbocycles. The van der Waals surface area contributed by atoms with E-state index in [4.69, 9.17) is 15.2 Å². The Labute approximate surface area is 215 Å². The van der Waals surface area contributed by atoms with Crippen LogP contribution in [0.4, 0.5) is 0 Å². The SMILES string of the molecule is CCCCCC(=O)c1ccc(OCCCN2CCN(C(=O)[C@@H](N)COCc3ccccc3)CC2)cc1. The van der Waals surface area contributed by atoms with Crippen LogP contribution in [0.1, 0.15) is 54.9 Å². The Morgan fingerprint density at radius 2 is 1.67 bits per heavy atom. The molecule has 2 aromatic rings. The number of hydrogen-bond donors (Lipinski definition) is 1. The first-order valence-electron chi connectivity index (χ1n) is 13.2. The summed E-state index contributed by atoms with van der Waals surface area (Å²) in [6, 6.07) is 16.7. The summed E-state index contributed by atoms with van der Waals surface area (Å²) in [4.78, 5) is 29.0. The maximum atomic E-state index is 12.7. The number of Topliss-reactive ketones (excluding diaryl/α,β-unsaturated/α-hetero) is 1. The van der Waals surface area contributed by atoms with E-state index >= 15 is 0 Å². The molecule has 1 aliphatic heterocycles. The van der Waals surface area contributed by atoms with E-state index in [1.54, 1.807) is 0 Å². The summed E-state index contributed by atoms with van der Waals surface area (Å²) < 4.78 is 11.5. The monoisotopic (exact) mass is 495 g/mol. The number of carbonyl (C=O) groups is 2. The summed E-state index contributed by atoms with van der Waals surface area (Å²) in [5.41, 5.74) is 7.92. The maximum absolute atomic E-state index is 12.7. The third-order valence-corrected chi connectivity index (χ3v) is 6.48. The van der Waals surface area contributed by atoms with Crippen LogP contribution >= 0.6 is 0 Å². The van der Waals surface area contributed by atoms with E-state index in [0.29, 0.717) is 32.7 Å². The fourth-order valence-electron chi connectivity index (χ4n) is 4.27. The lowest BCUT2D eigenvalue weighted by atomic mass is 10.0. The lowest BCUT2D eigenvalue weighted by molar-refractivity contribution is -0.135. The van der Waals surface area contributed by atoms with Gasteiger partial charge in [-0.15, -0.1) is 0 Å². The summed E-state index contributed by atoms with van der Waals surface area (Å²) in [5, 5.41) is 0. The van der Waals surface area contributed by atoms with Gasteiger partial charge in [-0.25, -0.2) is 0 Å². The summed E-state index contributed by atoms with van der Waals surface area (Å²) in [7, 11) is 0. The van der Waals surface area contributed by atoms with Gasteiger partial charge in [-0.1, -0.05) is 50.1 Å². The molecule has 0 aromatic heterocycles. The first-order chi connectivity index (χ1) is 17.6. The highest BCUT2D eigenvalue weighted by Gasteiger charge is 2.25. The summed E-state index contributed by atoms with van der Waals surface area (Å²) in [6.07, 6.45) is 4.67. The molecule has 196 valence electrons. The predicted molar refractivity (Wildman–Crippen MR) is 142 cm³/mol. The number of nitrogens with two attached hydrogens (primary N) is 1. The highest BCUT2D eigenvalue weighted by Crippen LogP contribution is 2.15. The highest BCUT2D eigenvalue weighted by molar-refractivity contribution is 5.96. The fourth-order valence-corrected chi connectivity index (χ4v) is 4.27. The number of hydrogen-bond acceptors (Lipinski definition) is 6. The van der Waals surface area contributed by atoms with Gasteiger partial charge in [0.25, 0.3) is 0 Å². The van der Waals surface area contributed by atoms with Crippen molar-refractivity contribution in [1.82, 2.24) is 9.80 Å². The van der Waals surface area contributed by atoms with Crippen molar-refractivity contribution in [2.75, 3.05) is 45.9 Å². The van der Waals surface area contributed by atoms with Gasteiger partial charge in [0, 0.05) is 44.7 Å². The Morgan fingerprint density at radius 3 is 2.36 bits per heavy atom. The number of carbonyl (C=O) groups excluding carboxylic acids is 2. The Morgan fingerprint density at radius 1 is 0.944 bits per heavy atom. The van der Waals surface area contributed by atoms with Gasteiger partial charge in [0.15, 0.2) is 5.78 Å². The average molecular weight is 496 g/mol. The Hall–Kier alpha value is -2.74. The predicted octanol–water partition coefficient (Wildman–Crippen LogP) is 3.91. The van der Waals surface area contributed by atoms with Crippen LogP contribution in [0, 0.1) is 0 Å². The molecular formula is C29H41N3O4. The second-order valence-electron chi connectivity index (χ2n) is 9.38. The van der Waals surface area contributed by atoms with Gasteiger partial charge in [-0.3, -0.25) is 14.5 Å². The van der Waals surface area contributed by atoms with E-state index in [-0.39, 0.29) is 18.3 Å². The zero-order valence-electron chi connectivity index (χ0n) is 21.6. The molecule has 0 bridgehead atoms. The Bertz CT molecular complexity index is 912. The number of nitrogens with zero attached hydrogens (tertiary/aromatic N) is 2. The molecule has 1 fully saturated rings. The van der Waals surface area contributed by atoms with E-state index < -0.39 is 6.04 Å². The van der Waals surface area contributed by atoms with Gasteiger partial charge in [0.1, 0.15) is 11.8 Å². The van der Waals surface area contributed by atoms with Crippen LogP contribution in [0.15, 0.2) is 54.6 Å². The van der Waals surface area contributed by atoms with Crippen molar-refractivity contribution in [3.05, 3.63) is 65.7 Å². The summed E-state index contributed by atoms with van der Waals surface area (Å²) >= 11 is 0. The standard InChI is InChI=1S/C29H41N3O4/c1-2-3-5-11-28(33)25-12-14-26(15-13-25)36-21-8-16-31-17-19-32(20-18-31)29(34)27(30)23-35-22-24-9-6-4-7-10-24/h4,6-7,9-10,12-15,27H,2-3,5,8,11,16-23,30H2,1H3/t27-/m0/s1. The molecule has 1 aliphatic rings. The maximum Gasteiger partial charge on any atom is 0.241 e. The second-order valence-corrected chi connectivity index (χ2v) is 9.38. The van der Waals surface area contributed by atoms with Crippen molar-refractivity contribution >= 4 is 11.7 Å². The summed E-state index contributed by atoms with van der Waals surface area (Å²) in [5.74, 6) is 0.950. The molecule has 7 heteroatoms. The zero-order valence-corrected chi connectivity index (χ0v) is 21.6. The van der Waals surface area contributed by atoms with Gasteiger partial charge in [0.05, 0.1) is 19.8 Å². The molecule has 1 saturated heterocycles. The van der Waals surface area contributed by atoms with Gasteiger partial charge >= 0.3 is 0 Å². The molecular weight excluding hydrogens is 454 g/mol. The van der Waals surface area contributed by atoms with Gasteiger partial charge in [-0.05, 0) is 42.7 Å². The van der Waals surface area contributed by atoms with E-state index in [0.717, 1.165) is 62.2 Å². The van der Waals surface area contributed by atoms with Crippen LogP contribution in [-0.2, 0) is 16.1 Å². The van der Waals surface area contributed by atoms with E-state index in [9.17, 15) is 9.59 Å². The molecule has 2 N–H and O–H groups in total. The van der Waals surface area contributed by atoms with E-state index in [2.05, 4.69) is 11.8 Å². The van der Waals surface area contributed by atoms with Crippen molar-refractivity contribution in [2.24, 2.45) is 5.73 Å². The van der Waals surface area contributed by atoms with Crippen LogP contribution < -0.4 is 10.5 Å². The zero-order chi connectivity index (χ0) is 25.6. The van der Waals surface area contributed by atoms with Crippen molar-refractivity contribution < 1.29 is 19.1 Å². The van der Waals surface area contributed by atoms with Crippen LogP contribution in [0.2, 0.25) is 0 Å². The molecule has 0 spiro atoms. The first-order valence-corrected chi connectivity index (χ1v) is 13.2. The number of ketones is 1. The number of ether oxygens (including phenoxy) is 2. The average Bonchev–Trinajstić information content (AvgIpc) is 2.92. The summed E-state index contributed by atoms with van der Waals surface area (Å²) in [6.45, 7) is 7.38. The third kappa shape index (κ3) is 9.37. The Balaban J connectivity index is 1.27. The smallest absolute Gasteiger partial charge is 0.241 e. The topological polar surface area (TPSA) is 85.1 Å². The lowest BCUT2D eigenvalue weighted by Gasteiger charge is -2.35. The quantitative estimate of drug-likeness (QED) is 0.298. The van der Waals surface area contributed by atoms with Gasteiger partial charge in [-0.2, -0.15) is 0 Å². The minimum atomic E-state index is -0.633. The molecule has 0 radical (unpaired) electrons. The molecule has 0 unspecified atom stereocenters. The molecule has 1 heterocycles. The van der Waals surface area contributed by atoms with E-state index in [1.807, 2.05) is 59.5 Å². The molecule has 0 aliphatic carbocycles. The van der Waals surface area contributed by atoms with E-state index in [1.165, 1.54) is 0 Å². The highest BCUT2D eigenvalue weighted by atomic mass is 16.5. The van der Waals surface area contributed by atoms with Crippen molar-refractivity contribution in [3.63, 3.8) is 0 Å². The molecule has 36 heavy (non-hydrogen) atoms. The normalized spacial score (nSPS) is 15.0. The largest absolute Gasteiger partial charge is 0.494 e. The van der Waals surface area contributed by atoms with Crippen LogP contribution in [0.5, 0.6) is 5.75 Å².